The summed E-state index contributed by atoms with van der Waals surface area (Å²) in [6, 6.07) is 0. The number of fused-ring (bicyclic) bond motifs is 5. The van der Waals surface area contributed by atoms with Crippen molar-refractivity contribution >= 4 is 15.9 Å². The van der Waals surface area contributed by atoms with Gasteiger partial charge in [-0.25, -0.2) is 0 Å². The first-order chi connectivity index (χ1) is 12.3. The average molecular weight is 425 g/mol. The Morgan fingerprint density at radius 3 is 2.38 bits per heavy atom. The predicted molar refractivity (Wildman–Crippen MR) is 113 cm³/mol. The van der Waals surface area contributed by atoms with E-state index in [0.717, 1.165) is 54.8 Å². The summed E-state index contributed by atoms with van der Waals surface area (Å²) in [5, 5.41) is 12.1. The van der Waals surface area contributed by atoms with Gasteiger partial charge in [-0.3, -0.25) is 0 Å². The Labute approximate surface area is 170 Å². The number of hydrogen-bond donors (Lipinski definition) is 1. The second-order valence-corrected chi connectivity index (χ2v) is 11.9. The number of hydrogen-bond acceptors (Lipinski definition) is 1. The summed E-state index contributed by atoms with van der Waals surface area (Å²) in [6.45, 7) is 9.95. The van der Waals surface area contributed by atoms with Gasteiger partial charge in [-0.1, -0.05) is 43.6 Å². The highest BCUT2D eigenvalue weighted by Gasteiger charge is 2.61. The highest BCUT2D eigenvalue weighted by atomic mass is 79.9. The lowest BCUT2D eigenvalue weighted by Crippen LogP contribution is -2.56. The van der Waals surface area contributed by atoms with Gasteiger partial charge < -0.3 is 5.11 Å². The molecule has 0 heterocycles. The molecule has 150 valence electrons. The van der Waals surface area contributed by atoms with Gasteiger partial charge in [0.2, 0.25) is 0 Å². The molecule has 2 heteroatoms. The van der Waals surface area contributed by atoms with Crippen molar-refractivity contribution in [1.29, 1.82) is 0 Å². The van der Waals surface area contributed by atoms with Crippen molar-refractivity contribution in [2.24, 2.45) is 46.3 Å². The molecule has 0 radical (unpaired) electrons. The maximum absolute atomic E-state index is 10.9. The smallest absolute Gasteiger partial charge is 0.0648 e. The molecule has 9 atom stereocenters. The van der Waals surface area contributed by atoms with Crippen molar-refractivity contribution in [3.63, 3.8) is 0 Å². The zero-order valence-electron chi connectivity index (χ0n) is 17.6. The molecule has 0 aromatic rings. The second-order valence-electron chi connectivity index (χ2n) is 11.3. The Morgan fingerprint density at radius 1 is 0.962 bits per heavy atom. The lowest BCUT2D eigenvalue weighted by atomic mass is 9.43. The highest BCUT2D eigenvalue weighted by molar-refractivity contribution is 9.09. The van der Waals surface area contributed by atoms with Gasteiger partial charge in [0.1, 0.15) is 0 Å². The van der Waals surface area contributed by atoms with E-state index in [1.807, 2.05) is 0 Å². The molecule has 0 aromatic carbocycles. The van der Waals surface area contributed by atoms with Gasteiger partial charge in [0.15, 0.2) is 0 Å². The first-order valence-electron chi connectivity index (χ1n) is 11.6. The molecule has 0 amide bonds. The van der Waals surface area contributed by atoms with Crippen LogP contribution >= 0.6 is 15.9 Å². The normalized spacial score (nSPS) is 54.9. The lowest BCUT2D eigenvalue weighted by Gasteiger charge is -2.62. The summed E-state index contributed by atoms with van der Waals surface area (Å²) >= 11 is 3.78. The Hall–Kier alpha value is 0.440. The molecule has 0 spiro atoms. The van der Waals surface area contributed by atoms with Crippen molar-refractivity contribution in [2.75, 3.05) is 5.33 Å². The number of aliphatic hydroxyl groups is 1. The average Bonchev–Trinajstić information content (AvgIpc) is 2.99. The van der Waals surface area contributed by atoms with Crippen LogP contribution in [0.2, 0.25) is 0 Å². The number of alkyl halides is 1. The third-order valence-electron chi connectivity index (χ3n) is 10.5. The van der Waals surface area contributed by atoms with E-state index in [4.69, 9.17) is 0 Å². The van der Waals surface area contributed by atoms with Gasteiger partial charge >= 0.3 is 0 Å². The van der Waals surface area contributed by atoms with Crippen molar-refractivity contribution < 1.29 is 5.11 Å². The zero-order valence-corrected chi connectivity index (χ0v) is 19.2. The fourth-order valence-corrected chi connectivity index (χ4v) is 9.18. The van der Waals surface area contributed by atoms with E-state index >= 15 is 0 Å². The SMILES string of the molecule is CC[C@@]1(O)CC[C@@]2(C)[C@H](CC[C@@H]3[C@@H]2CC[C@]2(C)[C@@H]([C@@H](C)CBr)CC[C@@H]32)C1. The molecule has 4 saturated carbocycles. The molecule has 0 aliphatic heterocycles. The zero-order chi connectivity index (χ0) is 18.7. The second kappa shape index (κ2) is 6.75. The van der Waals surface area contributed by atoms with Crippen molar-refractivity contribution in [3.8, 4) is 0 Å². The first kappa shape index (κ1) is 19.7. The van der Waals surface area contributed by atoms with Crippen LogP contribution < -0.4 is 0 Å². The molecule has 1 nitrogen and oxygen atoms in total. The maximum atomic E-state index is 10.9. The molecule has 1 N–H and O–H groups in total. The summed E-state index contributed by atoms with van der Waals surface area (Å²) in [5.74, 6) is 5.38. The van der Waals surface area contributed by atoms with Gasteiger partial charge in [-0.15, -0.1) is 0 Å². The van der Waals surface area contributed by atoms with Crippen LogP contribution in [-0.2, 0) is 0 Å². The molecule has 0 unspecified atom stereocenters. The van der Waals surface area contributed by atoms with Crippen LogP contribution in [0.3, 0.4) is 0 Å². The third kappa shape index (κ3) is 2.78. The van der Waals surface area contributed by atoms with Crippen molar-refractivity contribution in [3.05, 3.63) is 0 Å². The molecule has 0 saturated heterocycles. The minimum absolute atomic E-state index is 0.357. The van der Waals surface area contributed by atoms with Gasteiger partial charge in [0, 0.05) is 5.33 Å². The van der Waals surface area contributed by atoms with Crippen LogP contribution in [0.1, 0.15) is 91.9 Å². The summed E-state index contributed by atoms with van der Waals surface area (Å²) in [5.41, 5.74) is 0.741. The van der Waals surface area contributed by atoms with Crippen LogP contribution in [-0.4, -0.2) is 16.0 Å². The molecule has 26 heavy (non-hydrogen) atoms. The van der Waals surface area contributed by atoms with E-state index in [0.29, 0.717) is 10.8 Å². The van der Waals surface area contributed by atoms with Crippen LogP contribution in [0, 0.1) is 46.3 Å². The van der Waals surface area contributed by atoms with E-state index in [1.165, 1.54) is 50.3 Å². The van der Waals surface area contributed by atoms with Gasteiger partial charge in [-0.2, -0.15) is 0 Å². The minimum atomic E-state index is -0.357. The topological polar surface area (TPSA) is 20.2 Å². The molecular formula is C24H41BrO. The predicted octanol–water partition coefficient (Wildman–Crippen LogP) is 6.82. The summed E-state index contributed by atoms with van der Waals surface area (Å²) in [6.07, 6.45) is 13.0. The Morgan fingerprint density at radius 2 is 1.69 bits per heavy atom. The van der Waals surface area contributed by atoms with E-state index < -0.39 is 0 Å². The van der Waals surface area contributed by atoms with Crippen LogP contribution in [0.15, 0.2) is 0 Å². The summed E-state index contributed by atoms with van der Waals surface area (Å²) in [4.78, 5) is 0. The van der Waals surface area contributed by atoms with Crippen molar-refractivity contribution in [1.82, 2.24) is 0 Å². The third-order valence-corrected chi connectivity index (χ3v) is 11.5. The molecule has 0 aromatic heterocycles. The molecular weight excluding hydrogens is 384 g/mol. The summed E-state index contributed by atoms with van der Waals surface area (Å²) < 4.78 is 0. The lowest BCUT2D eigenvalue weighted by molar-refractivity contribution is -0.152. The fourth-order valence-electron chi connectivity index (χ4n) is 8.73. The number of halogens is 1. The standard InChI is InChI=1S/C24H41BrO/c1-5-24(26)13-12-22(3)17(14-24)6-7-18-20-9-8-19(16(2)15-25)23(20,4)11-10-21(18)22/h16-21,26H,5-15H2,1-4H3/t16-,17+,18-,19+,20-,21-,22-,23+,24+/m0/s1. The van der Waals surface area contributed by atoms with Gasteiger partial charge in [0.25, 0.3) is 0 Å². The largest absolute Gasteiger partial charge is 0.390 e. The number of rotatable bonds is 3. The molecule has 4 aliphatic carbocycles. The Balaban J connectivity index is 1.57. The van der Waals surface area contributed by atoms with Gasteiger partial charge in [0.05, 0.1) is 5.60 Å². The van der Waals surface area contributed by atoms with E-state index in [-0.39, 0.29) is 5.60 Å². The fraction of sp³-hybridized carbons (Fsp3) is 1.00. The molecule has 4 fully saturated rings. The van der Waals surface area contributed by atoms with E-state index in [2.05, 4.69) is 43.6 Å². The first-order valence-corrected chi connectivity index (χ1v) is 12.7. The molecule has 4 rings (SSSR count). The molecule has 0 bridgehead atoms. The molecule has 4 aliphatic rings. The quantitative estimate of drug-likeness (QED) is 0.492. The van der Waals surface area contributed by atoms with Crippen LogP contribution in [0.5, 0.6) is 0 Å². The Bertz CT molecular complexity index is 534. The summed E-state index contributed by atoms with van der Waals surface area (Å²) in [7, 11) is 0. The minimum Gasteiger partial charge on any atom is -0.390 e. The monoisotopic (exact) mass is 424 g/mol. The van der Waals surface area contributed by atoms with E-state index in [9.17, 15) is 5.11 Å². The van der Waals surface area contributed by atoms with E-state index in [1.54, 1.807) is 0 Å². The van der Waals surface area contributed by atoms with Crippen LogP contribution in [0.4, 0.5) is 0 Å². The van der Waals surface area contributed by atoms with Crippen LogP contribution in [0.25, 0.3) is 0 Å². The Kier molecular flexibility index (Phi) is 5.13. The van der Waals surface area contributed by atoms with Crippen molar-refractivity contribution in [2.45, 2.75) is 97.5 Å². The maximum Gasteiger partial charge on any atom is 0.0648 e. The van der Waals surface area contributed by atoms with Gasteiger partial charge in [-0.05, 0) is 111 Å². The highest BCUT2D eigenvalue weighted by Crippen LogP contribution is 2.68.